The lowest BCUT2D eigenvalue weighted by atomic mass is 9.95. The van der Waals surface area contributed by atoms with E-state index in [2.05, 4.69) is 22.4 Å². The third-order valence-corrected chi connectivity index (χ3v) is 4.02. The number of benzene rings is 2. The molecule has 0 spiro atoms. The summed E-state index contributed by atoms with van der Waals surface area (Å²) >= 11 is 0. The van der Waals surface area contributed by atoms with Crippen molar-refractivity contribution in [2.45, 2.75) is 25.9 Å². The number of halogens is 3. The van der Waals surface area contributed by atoms with Gasteiger partial charge in [0, 0.05) is 11.8 Å². The van der Waals surface area contributed by atoms with Gasteiger partial charge >= 0.3 is 6.18 Å². The quantitative estimate of drug-likeness (QED) is 0.860. The highest BCUT2D eigenvalue weighted by Gasteiger charge is 2.30. The molecule has 2 aromatic rings. The first-order chi connectivity index (χ1) is 12.0. The zero-order valence-corrected chi connectivity index (χ0v) is 13.8. The second-order valence-corrected chi connectivity index (χ2v) is 5.81. The van der Waals surface area contributed by atoms with Gasteiger partial charge in [-0.2, -0.15) is 18.3 Å². The van der Waals surface area contributed by atoms with E-state index in [1.54, 1.807) is 6.21 Å². The molecule has 0 saturated heterocycles. The lowest BCUT2D eigenvalue weighted by molar-refractivity contribution is -0.137. The fraction of sp³-hybridized carbons (Fsp3) is 0.263. The van der Waals surface area contributed by atoms with Gasteiger partial charge in [0.2, 0.25) is 0 Å². The van der Waals surface area contributed by atoms with Crippen LogP contribution in [0.1, 0.15) is 30.0 Å². The van der Waals surface area contributed by atoms with Gasteiger partial charge in [-0.3, -0.25) is 10.4 Å². The molecule has 3 rings (SSSR count). The Morgan fingerprint density at radius 1 is 1.04 bits per heavy atom. The summed E-state index contributed by atoms with van der Waals surface area (Å²) in [6, 6.07) is 11.1. The normalized spacial score (nSPS) is 14.2. The van der Waals surface area contributed by atoms with Crippen LogP contribution < -0.4 is 5.43 Å². The summed E-state index contributed by atoms with van der Waals surface area (Å²) in [5.41, 5.74) is 5.93. The van der Waals surface area contributed by atoms with Gasteiger partial charge in [-0.25, -0.2) is 0 Å². The number of nitrogens with zero attached hydrogens (tertiary/aromatic N) is 2. The Labute approximate surface area is 144 Å². The first-order valence-corrected chi connectivity index (χ1v) is 8.12. The van der Waals surface area contributed by atoms with Crippen LogP contribution in [0.5, 0.6) is 0 Å². The summed E-state index contributed by atoms with van der Waals surface area (Å²) < 4.78 is 38.2. The maximum absolute atomic E-state index is 12.7. The van der Waals surface area contributed by atoms with E-state index in [4.69, 9.17) is 0 Å². The molecule has 0 amide bonds. The first-order valence-electron chi connectivity index (χ1n) is 8.12. The highest BCUT2D eigenvalue weighted by atomic mass is 19.4. The average Bonchev–Trinajstić information content (AvgIpc) is 2.62. The van der Waals surface area contributed by atoms with Crippen LogP contribution >= 0.6 is 0 Å². The molecule has 1 aliphatic heterocycles. The molecule has 0 radical (unpaired) electrons. The highest BCUT2D eigenvalue weighted by Crippen LogP contribution is 2.31. The molecule has 1 heterocycles. The number of hydrogen-bond acceptors (Lipinski definition) is 3. The Morgan fingerprint density at radius 3 is 2.36 bits per heavy atom. The molecule has 0 saturated carbocycles. The van der Waals surface area contributed by atoms with Crippen LogP contribution in [-0.2, 0) is 12.6 Å². The summed E-state index contributed by atoms with van der Waals surface area (Å²) in [7, 11) is 0. The van der Waals surface area contributed by atoms with E-state index >= 15 is 0 Å². The molecule has 1 N–H and O–H groups in total. The monoisotopic (exact) mass is 345 g/mol. The number of hydrazone groups is 1. The average molecular weight is 345 g/mol. The lowest BCUT2D eigenvalue weighted by Gasteiger charge is -2.15. The van der Waals surface area contributed by atoms with Crippen molar-refractivity contribution in [2.24, 2.45) is 10.1 Å². The van der Waals surface area contributed by atoms with Gasteiger partial charge in [0.1, 0.15) is 5.84 Å². The van der Waals surface area contributed by atoms with Gasteiger partial charge < -0.3 is 0 Å². The van der Waals surface area contributed by atoms with Crippen molar-refractivity contribution in [1.82, 2.24) is 5.43 Å². The number of amidine groups is 1. The van der Waals surface area contributed by atoms with Crippen LogP contribution in [0.3, 0.4) is 0 Å². The topological polar surface area (TPSA) is 36.8 Å². The third kappa shape index (κ3) is 3.90. The molecule has 6 heteroatoms. The summed E-state index contributed by atoms with van der Waals surface area (Å²) in [5.74, 6) is 0.694. The molecular formula is C19H18F3N3. The van der Waals surface area contributed by atoms with E-state index in [0.717, 1.165) is 47.2 Å². The molecule has 0 bridgehead atoms. The summed E-state index contributed by atoms with van der Waals surface area (Å²) in [4.78, 5) is 4.43. The van der Waals surface area contributed by atoms with Gasteiger partial charge in [-0.05, 0) is 41.3 Å². The van der Waals surface area contributed by atoms with Crippen LogP contribution in [0.15, 0.2) is 52.6 Å². The van der Waals surface area contributed by atoms with Crippen molar-refractivity contribution < 1.29 is 13.2 Å². The number of nitrogens with one attached hydrogen (secondary N) is 1. The molecule has 0 atom stereocenters. The zero-order valence-electron chi connectivity index (χ0n) is 13.8. The number of rotatable bonds is 4. The molecule has 1 aliphatic rings. The zero-order chi connectivity index (χ0) is 17.9. The van der Waals surface area contributed by atoms with Crippen molar-refractivity contribution in [3.63, 3.8) is 0 Å². The van der Waals surface area contributed by atoms with Gasteiger partial charge in [0.15, 0.2) is 0 Å². The molecular weight excluding hydrogens is 327 g/mol. The van der Waals surface area contributed by atoms with Crippen LogP contribution in [0.4, 0.5) is 13.2 Å². The van der Waals surface area contributed by atoms with Crippen molar-refractivity contribution in [1.29, 1.82) is 0 Å². The molecule has 130 valence electrons. The SMILES string of the molecule is CCCc1ccc(-c2ccc(C(F)(F)F)cc2)cc1C1=NCC=NN1. The van der Waals surface area contributed by atoms with Crippen LogP contribution in [-0.4, -0.2) is 18.6 Å². The van der Waals surface area contributed by atoms with Crippen molar-refractivity contribution in [3.8, 4) is 11.1 Å². The predicted octanol–water partition coefficient (Wildman–Crippen LogP) is 4.66. The van der Waals surface area contributed by atoms with Crippen LogP contribution in [0.25, 0.3) is 11.1 Å². The van der Waals surface area contributed by atoms with Crippen molar-refractivity contribution in [2.75, 3.05) is 6.54 Å². The van der Waals surface area contributed by atoms with E-state index in [1.165, 1.54) is 12.1 Å². The standard InChI is InChI=1S/C19H18F3N3/c1-2-3-14-4-5-15(12-17(14)18-23-10-11-24-25-18)13-6-8-16(9-7-13)19(20,21)22/h4-9,11-12H,2-3,10H2,1H3,(H,23,25). The van der Waals surface area contributed by atoms with Gasteiger partial charge in [0.05, 0.1) is 12.1 Å². The Balaban J connectivity index is 1.98. The molecule has 3 nitrogen and oxygen atoms in total. The molecule has 0 aliphatic carbocycles. The van der Waals surface area contributed by atoms with E-state index in [9.17, 15) is 13.2 Å². The smallest absolute Gasteiger partial charge is 0.261 e. The summed E-state index contributed by atoms with van der Waals surface area (Å²) in [5, 5.41) is 4.05. The van der Waals surface area contributed by atoms with Crippen LogP contribution in [0.2, 0.25) is 0 Å². The van der Waals surface area contributed by atoms with Gasteiger partial charge in [-0.15, -0.1) is 0 Å². The maximum Gasteiger partial charge on any atom is 0.416 e. The minimum Gasteiger partial charge on any atom is -0.261 e. The molecule has 0 fully saturated rings. The van der Waals surface area contributed by atoms with Gasteiger partial charge in [-0.1, -0.05) is 37.6 Å². The second-order valence-electron chi connectivity index (χ2n) is 5.81. The van der Waals surface area contributed by atoms with E-state index in [1.807, 2.05) is 18.2 Å². The second kappa shape index (κ2) is 7.09. The fourth-order valence-electron chi connectivity index (χ4n) is 2.78. The number of alkyl halides is 3. The Hall–Kier alpha value is -2.63. The summed E-state index contributed by atoms with van der Waals surface area (Å²) in [6.07, 6.45) is -0.758. The summed E-state index contributed by atoms with van der Waals surface area (Å²) in [6.45, 7) is 2.61. The van der Waals surface area contributed by atoms with Crippen molar-refractivity contribution in [3.05, 3.63) is 59.2 Å². The van der Waals surface area contributed by atoms with E-state index in [-0.39, 0.29) is 0 Å². The minimum absolute atomic E-state index is 0.512. The third-order valence-electron chi connectivity index (χ3n) is 4.02. The molecule has 25 heavy (non-hydrogen) atoms. The van der Waals surface area contributed by atoms with E-state index in [0.29, 0.717) is 12.4 Å². The number of hydrogen-bond donors (Lipinski definition) is 1. The first kappa shape index (κ1) is 17.2. The molecule has 0 unspecified atom stereocenters. The Kier molecular flexibility index (Phi) is 4.88. The number of aryl methyl sites for hydroxylation is 1. The van der Waals surface area contributed by atoms with Crippen molar-refractivity contribution >= 4 is 12.1 Å². The minimum atomic E-state index is -4.33. The lowest BCUT2D eigenvalue weighted by Crippen LogP contribution is -2.24. The fourth-order valence-corrected chi connectivity index (χ4v) is 2.78. The predicted molar refractivity (Wildman–Crippen MR) is 93.9 cm³/mol. The molecule has 2 aromatic carbocycles. The highest BCUT2D eigenvalue weighted by molar-refractivity contribution is 6.02. The molecule has 0 aromatic heterocycles. The van der Waals surface area contributed by atoms with Crippen LogP contribution in [0, 0.1) is 0 Å². The van der Waals surface area contributed by atoms with E-state index < -0.39 is 11.7 Å². The Morgan fingerprint density at radius 2 is 1.76 bits per heavy atom. The maximum atomic E-state index is 12.7. The largest absolute Gasteiger partial charge is 0.416 e. The number of aliphatic imine (C=N–C) groups is 1. The van der Waals surface area contributed by atoms with Gasteiger partial charge in [0.25, 0.3) is 0 Å². The Bertz CT molecular complexity index is 806.